The Kier molecular flexibility index (Phi) is 5.96. The maximum atomic E-state index is 12.0. The predicted octanol–water partition coefficient (Wildman–Crippen LogP) is 3.26. The Bertz CT molecular complexity index is 479. The number of hydrogen-bond donors (Lipinski definition) is 1. The standard InChI is InChI=1S/C15H21NO2S/c1-5-16(6-2)15(17)9-11(3)12-7-8-14(19)13(10-12)18-4/h7-10,19H,5-6H2,1-4H3/b11-9+. The maximum Gasteiger partial charge on any atom is 0.246 e. The van der Waals surface area contributed by atoms with Gasteiger partial charge in [-0.2, -0.15) is 0 Å². The summed E-state index contributed by atoms with van der Waals surface area (Å²) in [5.74, 6) is 0.750. The number of methoxy groups -OCH3 is 1. The zero-order chi connectivity index (χ0) is 14.4. The average molecular weight is 279 g/mol. The van der Waals surface area contributed by atoms with Crippen LogP contribution in [-0.2, 0) is 4.79 Å². The molecule has 104 valence electrons. The Morgan fingerprint density at radius 2 is 2.00 bits per heavy atom. The molecule has 0 saturated carbocycles. The van der Waals surface area contributed by atoms with Gasteiger partial charge in [-0.15, -0.1) is 12.6 Å². The first-order chi connectivity index (χ1) is 9.03. The molecule has 0 radical (unpaired) electrons. The summed E-state index contributed by atoms with van der Waals surface area (Å²) < 4.78 is 5.23. The molecule has 0 aliphatic heterocycles. The molecule has 1 aromatic carbocycles. The molecule has 4 heteroatoms. The van der Waals surface area contributed by atoms with E-state index in [1.54, 1.807) is 18.1 Å². The van der Waals surface area contributed by atoms with Crippen molar-refractivity contribution in [3.05, 3.63) is 29.8 Å². The van der Waals surface area contributed by atoms with Crippen LogP contribution in [0.25, 0.3) is 5.57 Å². The SMILES string of the molecule is CCN(CC)C(=O)/C=C(\C)c1ccc(S)c(OC)c1. The van der Waals surface area contributed by atoms with Gasteiger partial charge < -0.3 is 9.64 Å². The summed E-state index contributed by atoms with van der Waals surface area (Å²) in [6, 6.07) is 5.70. The van der Waals surface area contributed by atoms with Gasteiger partial charge >= 0.3 is 0 Å². The van der Waals surface area contributed by atoms with Crippen LogP contribution >= 0.6 is 12.6 Å². The quantitative estimate of drug-likeness (QED) is 0.662. The highest BCUT2D eigenvalue weighted by atomic mass is 32.1. The second kappa shape index (κ2) is 7.24. The molecule has 1 aromatic rings. The largest absolute Gasteiger partial charge is 0.496 e. The molecular formula is C15H21NO2S. The molecule has 0 aliphatic carbocycles. The molecule has 0 unspecified atom stereocenters. The van der Waals surface area contributed by atoms with Crippen molar-refractivity contribution >= 4 is 24.1 Å². The Labute approximate surface area is 120 Å². The second-order valence-electron chi connectivity index (χ2n) is 4.22. The molecule has 0 aliphatic rings. The van der Waals surface area contributed by atoms with Crippen molar-refractivity contribution in [2.75, 3.05) is 20.2 Å². The predicted molar refractivity (Wildman–Crippen MR) is 81.8 cm³/mol. The number of thiol groups is 1. The first-order valence-corrected chi connectivity index (χ1v) is 6.82. The van der Waals surface area contributed by atoms with E-state index in [-0.39, 0.29) is 5.91 Å². The number of benzene rings is 1. The Morgan fingerprint density at radius 1 is 1.37 bits per heavy atom. The molecule has 1 amide bonds. The van der Waals surface area contributed by atoms with Gasteiger partial charge in [-0.25, -0.2) is 0 Å². The number of carbonyl (C=O) groups excluding carboxylic acids is 1. The second-order valence-corrected chi connectivity index (χ2v) is 4.71. The molecule has 0 N–H and O–H groups in total. The summed E-state index contributed by atoms with van der Waals surface area (Å²) in [5, 5.41) is 0. The summed E-state index contributed by atoms with van der Waals surface area (Å²) in [6.45, 7) is 7.32. The van der Waals surface area contributed by atoms with Crippen LogP contribution < -0.4 is 4.74 Å². The Morgan fingerprint density at radius 3 is 2.53 bits per heavy atom. The van der Waals surface area contributed by atoms with Crippen LogP contribution in [0, 0.1) is 0 Å². The molecule has 0 atom stereocenters. The normalized spacial score (nSPS) is 11.3. The van der Waals surface area contributed by atoms with E-state index in [4.69, 9.17) is 4.74 Å². The van der Waals surface area contributed by atoms with Gasteiger partial charge in [-0.3, -0.25) is 4.79 Å². The van der Waals surface area contributed by atoms with Crippen LogP contribution in [0.4, 0.5) is 0 Å². The van der Waals surface area contributed by atoms with E-state index >= 15 is 0 Å². The summed E-state index contributed by atoms with van der Waals surface area (Å²) in [6.07, 6.45) is 1.67. The fourth-order valence-electron chi connectivity index (χ4n) is 1.82. The van der Waals surface area contributed by atoms with Gasteiger partial charge in [0.2, 0.25) is 5.91 Å². The van der Waals surface area contributed by atoms with Crippen molar-refractivity contribution < 1.29 is 9.53 Å². The van der Waals surface area contributed by atoms with Crippen molar-refractivity contribution in [2.45, 2.75) is 25.7 Å². The maximum absolute atomic E-state index is 12.0. The lowest BCUT2D eigenvalue weighted by molar-refractivity contribution is -0.125. The number of allylic oxidation sites excluding steroid dienone is 1. The third kappa shape index (κ3) is 4.03. The van der Waals surface area contributed by atoms with E-state index in [1.807, 2.05) is 39.0 Å². The van der Waals surface area contributed by atoms with Crippen LogP contribution in [0.15, 0.2) is 29.2 Å². The smallest absolute Gasteiger partial charge is 0.246 e. The molecule has 1 rings (SSSR count). The molecule has 0 aromatic heterocycles. The topological polar surface area (TPSA) is 29.5 Å². The van der Waals surface area contributed by atoms with Gasteiger partial charge in [0, 0.05) is 24.1 Å². The van der Waals surface area contributed by atoms with Crippen LogP contribution in [0.2, 0.25) is 0 Å². The van der Waals surface area contributed by atoms with E-state index in [9.17, 15) is 4.79 Å². The summed E-state index contributed by atoms with van der Waals surface area (Å²) in [7, 11) is 1.61. The molecule has 0 spiro atoms. The lowest BCUT2D eigenvalue weighted by atomic mass is 10.1. The summed E-state index contributed by atoms with van der Waals surface area (Å²) in [5.41, 5.74) is 1.89. The highest BCUT2D eigenvalue weighted by Gasteiger charge is 2.08. The van der Waals surface area contributed by atoms with E-state index in [2.05, 4.69) is 12.6 Å². The van der Waals surface area contributed by atoms with Crippen molar-refractivity contribution in [3.63, 3.8) is 0 Å². The fraction of sp³-hybridized carbons (Fsp3) is 0.400. The number of nitrogens with zero attached hydrogens (tertiary/aromatic N) is 1. The molecule has 19 heavy (non-hydrogen) atoms. The number of likely N-dealkylation sites (N-methyl/N-ethyl adjacent to an activating group) is 1. The van der Waals surface area contributed by atoms with Gasteiger partial charge in [0.15, 0.2) is 0 Å². The van der Waals surface area contributed by atoms with Crippen molar-refractivity contribution in [3.8, 4) is 5.75 Å². The molecule has 0 saturated heterocycles. The van der Waals surface area contributed by atoms with Gasteiger partial charge in [-0.05, 0) is 44.0 Å². The highest BCUT2D eigenvalue weighted by Crippen LogP contribution is 2.26. The van der Waals surface area contributed by atoms with Gasteiger partial charge in [0.1, 0.15) is 5.75 Å². The number of rotatable bonds is 5. The van der Waals surface area contributed by atoms with E-state index in [0.717, 1.165) is 29.1 Å². The lowest BCUT2D eigenvalue weighted by Crippen LogP contribution is -2.28. The number of carbonyl (C=O) groups is 1. The molecule has 0 heterocycles. The van der Waals surface area contributed by atoms with Crippen LogP contribution in [0.5, 0.6) is 5.75 Å². The third-order valence-electron chi connectivity index (χ3n) is 3.05. The average Bonchev–Trinajstić information content (AvgIpc) is 2.40. The van der Waals surface area contributed by atoms with Crippen molar-refractivity contribution in [2.24, 2.45) is 0 Å². The molecule has 0 bridgehead atoms. The molecule has 3 nitrogen and oxygen atoms in total. The summed E-state index contributed by atoms with van der Waals surface area (Å²) in [4.78, 5) is 14.6. The number of ether oxygens (including phenoxy) is 1. The van der Waals surface area contributed by atoms with Crippen LogP contribution in [0.1, 0.15) is 26.3 Å². The minimum atomic E-state index is 0.0383. The highest BCUT2D eigenvalue weighted by molar-refractivity contribution is 7.80. The van der Waals surface area contributed by atoms with Crippen LogP contribution in [-0.4, -0.2) is 31.0 Å². The third-order valence-corrected chi connectivity index (χ3v) is 3.42. The zero-order valence-corrected chi connectivity index (χ0v) is 12.8. The van der Waals surface area contributed by atoms with E-state index in [1.165, 1.54) is 0 Å². The van der Waals surface area contributed by atoms with Gasteiger partial charge in [-0.1, -0.05) is 6.07 Å². The van der Waals surface area contributed by atoms with E-state index in [0.29, 0.717) is 5.75 Å². The van der Waals surface area contributed by atoms with Crippen LogP contribution in [0.3, 0.4) is 0 Å². The minimum absolute atomic E-state index is 0.0383. The monoisotopic (exact) mass is 279 g/mol. The molecule has 0 fully saturated rings. The summed E-state index contributed by atoms with van der Waals surface area (Å²) >= 11 is 4.31. The first-order valence-electron chi connectivity index (χ1n) is 6.38. The van der Waals surface area contributed by atoms with Crippen molar-refractivity contribution in [1.29, 1.82) is 0 Å². The first kappa shape index (κ1) is 15.6. The minimum Gasteiger partial charge on any atom is -0.496 e. The molecular weight excluding hydrogens is 258 g/mol. The Balaban J connectivity index is 2.99. The zero-order valence-electron chi connectivity index (χ0n) is 11.9. The van der Waals surface area contributed by atoms with Gasteiger partial charge in [0.25, 0.3) is 0 Å². The lowest BCUT2D eigenvalue weighted by Gasteiger charge is -2.17. The fourth-order valence-corrected chi connectivity index (χ4v) is 2.05. The van der Waals surface area contributed by atoms with Gasteiger partial charge in [0.05, 0.1) is 7.11 Å². The Hall–Kier alpha value is -1.42. The number of amides is 1. The van der Waals surface area contributed by atoms with Crippen molar-refractivity contribution in [1.82, 2.24) is 4.90 Å². The number of hydrogen-bond acceptors (Lipinski definition) is 3. The van der Waals surface area contributed by atoms with E-state index < -0.39 is 0 Å².